The average Bonchev–Trinajstić information content (AvgIpc) is 2.31. The first-order chi connectivity index (χ1) is 7.77. The Bertz CT molecular complexity index is 317. The third-order valence-electron chi connectivity index (χ3n) is 3.05. The number of allylic oxidation sites excluding steroid dienone is 1. The predicted octanol–water partition coefficient (Wildman–Crippen LogP) is 3.83. The summed E-state index contributed by atoms with van der Waals surface area (Å²) in [5, 5.41) is 3.61. The minimum atomic E-state index is 0.609. The molecule has 0 aliphatic rings. The van der Waals surface area contributed by atoms with E-state index in [-0.39, 0.29) is 0 Å². The lowest BCUT2D eigenvalue weighted by Crippen LogP contribution is -2.27. The Labute approximate surface area is 99.6 Å². The first-order valence-electron chi connectivity index (χ1n) is 6.16. The van der Waals surface area contributed by atoms with Crippen molar-refractivity contribution < 1.29 is 0 Å². The summed E-state index contributed by atoms with van der Waals surface area (Å²) in [5.74, 6) is 0. The SMILES string of the molecule is C=CCCC(CC)NCc1ccccc1C. The van der Waals surface area contributed by atoms with Gasteiger partial charge in [-0.1, -0.05) is 37.3 Å². The molecule has 0 saturated heterocycles. The predicted molar refractivity (Wildman–Crippen MR) is 71.5 cm³/mol. The fraction of sp³-hybridized carbons (Fsp3) is 0.467. The second-order valence-electron chi connectivity index (χ2n) is 4.28. The molecule has 1 aromatic carbocycles. The van der Waals surface area contributed by atoms with E-state index in [2.05, 4.69) is 50.0 Å². The maximum absolute atomic E-state index is 3.77. The van der Waals surface area contributed by atoms with Gasteiger partial charge in [0.05, 0.1) is 0 Å². The average molecular weight is 217 g/mol. The highest BCUT2D eigenvalue weighted by Crippen LogP contribution is 2.08. The van der Waals surface area contributed by atoms with Crippen molar-refractivity contribution in [2.45, 2.75) is 45.7 Å². The normalized spacial score (nSPS) is 12.4. The van der Waals surface area contributed by atoms with Gasteiger partial charge in [0.25, 0.3) is 0 Å². The second-order valence-corrected chi connectivity index (χ2v) is 4.28. The highest BCUT2D eigenvalue weighted by molar-refractivity contribution is 5.25. The number of hydrogen-bond donors (Lipinski definition) is 1. The van der Waals surface area contributed by atoms with E-state index in [4.69, 9.17) is 0 Å². The van der Waals surface area contributed by atoms with Gasteiger partial charge < -0.3 is 5.32 Å². The van der Waals surface area contributed by atoms with Gasteiger partial charge >= 0.3 is 0 Å². The number of hydrogen-bond acceptors (Lipinski definition) is 1. The Kier molecular flexibility index (Phi) is 5.87. The summed E-state index contributed by atoms with van der Waals surface area (Å²) in [6.07, 6.45) is 5.46. The molecule has 1 heteroatoms. The van der Waals surface area contributed by atoms with Gasteiger partial charge in [0.2, 0.25) is 0 Å². The lowest BCUT2D eigenvalue weighted by molar-refractivity contribution is 0.470. The Morgan fingerprint density at radius 3 is 2.75 bits per heavy atom. The molecule has 0 spiro atoms. The number of rotatable bonds is 7. The van der Waals surface area contributed by atoms with Gasteiger partial charge in [-0.05, 0) is 37.3 Å². The van der Waals surface area contributed by atoms with Crippen molar-refractivity contribution in [3.05, 3.63) is 48.0 Å². The third-order valence-corrected chi connectivity index (χ3v) is 3.05. The van der Waals surface area contributed by atoms with Gasteiger partial charge in [0.1, 0.15) is 0 Å². The van der Waals surface area contributed by atoms with Crippen LogP contribution in [0.25, 0.3) is 0 Å². The summed E-state index contributed by atoms with van der Waals surface area (Å²) < 4.78 is 0. The fourth-order valence-electron chi connectivity index (χ4n) is 1.83. The van der Waals surface area contributed by atoms with Crippen molar-refractivity contribution in [2.24, 2.45) is 0 Å². The molecule has 1 rings (SSSR count). The molecule has 1 nitrogen and oxygen atoms in total. The lowest BCUT2D eigenvalue weighted by Gasteiger charge is -2.17. The summed E-state index contributed by atoms with van der Waals surface area (Å²) >= 11 is 0. The first kappa shape index (κ1) is 13.0. The Morgan fingerprint density at radius 1 is 1.38 bits per heavy atom. The van der Waals surface area contributed by atoms with E-state index >= 15 is 0 Å². The fourth-order valence-corrected chi connectivity index (χ4v) is 1.83. The molecule has 88 valence electrons. The molecular formula is C15H23N. The van der Waals surface area contributed by atoms with E-state index in [1.807, 2.05) is 6.08 Å². The van der Waals surface area contributed by atoms with Crippen molar-refractivity contribution in [1.29, 1.82) is 0 Å². The molecule has 1 unspecified atom stereocenters. The molecule has 0 aliphatic carbocycles. The van der Waals surface area contributed by atoms with E-state index in [0.29, 0.717) is 6.04 Å². The van der Waals surface area contributed by atoms with Crippen molar-refractivity contribution >= 4 is 0 Å². The maximum atomic E-state index is 3.77. The van der Waals surface area contributed by atoms with E-state index in [1.54, 1.807) is 0 Å². The second kappa shape index (κ2) is 7.24. The van der Waals surface area contributed by atoms with Crippen LogP contribution in [0, 0.1) is 6.92 Å². The smallest absolute Gasteiger partial charge is 0.0210 e. The summed E-state index contributed by atoms with van der Waals surface area (Å²) in [6.45, 7) is 9.15. The van der Waals surface area contributed by atoms with Crippen molar-refractivity contribution in [1.82, 2.24) is 5.32 Å². The van der Waals surface area contributed by atoms with Crippen LogP contribution in [0.1, 0.15) is 37.3 Å². The van der Waals surface area contributed by atoms with Crippen molar-refractivity contribution in [3.63, 3.8) is 0 Å². The van der Waals surface area contributed by atoms with Crippen molar-refractivity contribution in [2.75, 3.05) is 0 Å². The van der Waals surface area contributed by atoms with Crippen LogP contribution >= 0.6 is 0 Å². The van der Waals surface area contributed by atoms with Crippen LogP contribution in [0.4, 0.5) is 0 Å². The van der Waals surface area contributed by atoms with Crippen LogP contribution in [0.15, 0.2) is 36.9 Å². The molecular weight excluding hydrogens is 194 g/mol. The van der Waals surface area contributed by atoms with Crippen LogP contribution < -0.4 is 5.32 Å². The third kappa shape index (κ3) is 4.19. The van der Waals surface area contributed by atoms with Crippen LogP contribution in [-0.4, -0.2) is 6.04 Å². The molecule has 0 heterocycles. The largest absolute Gasteiger partial charge is 0.310 e. The zero-order chi connectivity index (χ0) is 11.8. The number of nitrogens with one attached hydrogen (secondary N) is 1. The molecule has 0 aromatic heterocycles. The molecule has 1 atom stereocenters. The molecule has 0 saturated carbocycles. The zero-order valence-electron chi connectivity index (χ0n) is 10.5. The number of aryl methyl sites for hydroxylation is 1. The lowest BCUT2D eigenvalue weighted by atomic mass is 10.1. The monoisotopic (exact) mass is 217 g/mol. The van der Waals surface area contributed by atoms with E-state index in [1.165, 1.54) is 24.0 Å². The van der Waals surface area contributed by atoms with Crippen molar-refractivity contribution in [3.8, 4) is 0 Å². The minimum Gasteiger partial charge on any atom is -0.310 e. The Balaban J connectivity index is 2.43. The van der Waals surface area contributed by atoms with E-state index in [0.717, 1.165) is 13.0 Å². The van der Waals surface area contributed by atoms with Crippen LogP contribution in [0.3, 0.4) is 0 Å². The van der Waals surface area contributed by atoms with Gasteiger partial charge in [0, 0.05) is 12.6 Å². The molecule has 16 heavy (non-hydrogen) atoms. The van der Waals surface area contributed by atoms with Gasteiger partial charge in [-0.2, -0.15) is 0 Å². The molecule has 1 N–H and O–H groups in total. The standard InChI is InChI=1S/C15H23N/c1-4-6-11-15(5-2)16-12-14-10-8-7-9-13(14)3/h4,7-10,15-16H,1,5-6,11-12H2,2-3H3. The summed E-state index contributed by atoms with van der Waals surface area (Å²) in [6, 6.07) is 9.17. The summed E-state index contributed by atoms with van der Waals surface area (Å²) in [5.41, 5.74) is 2.77. The molecule has 0 amide bonds. The minimum absolute atomic E-state index is 0.609. The van der Waals surface area contributed by atoms with Gasteiger partial charge in [-0.25, -0.2) is 0 Å². The topological polar surface area (TPSA) is 12.0 Å². The molecule has 0 fully saturated rings. The van der Waals surface area contributed by atoms with Gasteiger partial charge in [0.15, 0.2) is 0 Å². The number of benzene rings is 1. The zero-order valence-corrected chi connectivity index (χ0v) is 10.5. The molecule has 1 aromatic rings. The Hall–Kier alpha value is -1.08. The van der Waals surface area contributed by atoms with Crippen LogP contribution in [0.5, 0.6) is 0 Å². The highest BCUT2D eigenvalue weighted by atomic mass is 14.9. The van der Waals surface area contributed by atoms with Crippen LogP contribution in [-0.2, 0) is 6.54 Å². The van der Waals surface area contributed by atoms with E-state index < -0.39 is 0 Å². The summed E-state index contributed by atoms with van der Waals surface area (Å²) in [4.78, 5) is 0. The van der Waals surface area contributed by atoms with Gasteiger partial charge in [-0.3, -0.25) is 0 Å². The maximum Gasteiger partial charge on any atom is 0.0210 e. The first-order valence-corrected chi connectivity index (χ1v) is 6.16. The van der Waals surface area contributed by atoms with Crippen LogP contribution in [0.2, 0.25) is 0 Å². The summed E-state index contributed by atoms with van der Waals surface area (Å²) in [7, 11) is 0. The van der Waals surface area contributed by atoms with E-state index in [9.17, 15) is 0 Å². The molecule has 0 aliphatic heterocycles. The van der Waals surface area contributed by atoms with Gasteiger partial charge in [-0.15, -0.1) is 6.58 Å². The Morgan fingerprint density at radius 2 is 2.12 bits per heavy atom. The quantitative estimate of drug-likeness (QED) is 0.684. The molecule has 0 radical (unpaired) electrons. The highest BCUT2D eigenvalue weighted by Gasteiger charge is 2.04. The molecule has 0 bridgehead atoms.